The van der Waals surface area contributed by atoms with Crippen LogP contribution >= 0.6 is 0 Å². The van der Waals surface area contributed by atoms with Gasteiger partial charge in [-0.1, -0.05) is 0 Å². The molecule has 7 heteroatoms. The lowest BCUT2D eigenvalue weighted by atomic mass is 9.98. The number of phenolic OH excluding ortho intramolecular Hbond substituents is 1. The number of halogens is 2. The zero-order valence-electron chi connectivity index (χ0n) is 13.9. The summed E-state index contributed by atoms with van der Waals surface area (Å²) in [6.07, 6.45) is 3.05. The Morgan fingerprint density at radius 1 is 1.12 bits per heavy atom. The molecule has 0 spiro atoms. The smallest absolute Gasteiger partial charge is 0.194 e. The molecule has 1 aliphatic heterocycles. The van der Waals surface area contributed by atoms with Crippen molar-refractivity contribution in [2.45, 2.75) is 12.8 Å². The first-order valence-corrected chi connectivity index (χ1v) is 8.38. The minimum Gasteiger partial charge on any atom is -0.503 e. The lowest BCUT2D eigenvalue weighted by Gasteiger charge is -2.31. The van der Waals surface area contributed by atoms with Gasteiger partial charge in [0.15, 0.2) is 17.4 Å². The highest BCUT2D eigenvalue weighted by Crippen LogP contribution is 2.31. The number of hydrogen-bond acceptors (Lipinski definition) is 4. The fourth-order valence-electron chi connectivity index (χ4n) is 3.38. The van der Waals surface area contributed by atoms with Gasteiger partial charge in [0.05, 0.1) is 18.0 Å². The summed E-state index contributed by atoms with van der Waals surface area (Å²) in [7, 11) is 0. The van der Waals surface area contributed by atoms with E-state index in [1.807, 2.05) is 12.1 Å². The van der Waals surface area contributed by atoms with Crippen LogP contribution in [0.25, 0.3) is 16.6 Å². The zero-order chi connectivity index (χ0) is 18.3. The van der Waals surface area contributed by atoms with Crippen LogP contribution in [-0.2, 0) is 0 Å². The number of rotatable bonds is 2. The molecule has 5 nitrogen and oxygen atoms in total. The van der Waals surface area contributed by atoms with Crippen molar-refractivity contribution in [3.8, 4) is 17.5 Å². The normalized spacial score (nSPS) is 15.3. The Hall–Kier alpha value is -3.14. The van der Waals surface area contributed by atoms with Crippen LogP contribution in [0.3, 0.4) is 0 Å². The number of phenols is 1. The van der Waals surface area contributed by atoms with E-state index in [1.54, 1.807) is 12.1 Å². The summed E-state index contributed by atoms with van der Waals surface area (Å²) in [6.45, 7) is 1.65. The van der Waals surface area contributed by atoms with Gasteiger partial charge in [-0.25, -0.2) is 13.5 Å². The average Bonchev–Trinajstić information content (AvgIpc) is 3.10. The van der Waals surface area contributed by atoms with Crippen molar-refractivity contribution in [2.75, 3.05) is 18.0 Å². The molecule has 0 unspecified atom stereocenters. The molecule has 0 bridgehead atoms. The first kappa shape index (κ1) is 16.3. The highest BCUT2D eigenvalue weighted by Gasteiger charge is 2.20. The lowest BCUT2D eigenvalue weighted by Crippen LogP contribution is -2.33. The largest absolute Gasteiger partial charge is 0.503 e. The quantitative estimate of drug-likeness (QED) is 0.761. The predicted molar refractivity (Wildman–Crippen MR) is 93.2 cm³/mol. The van der Waals surface area contributed by atoms with Crippen LogP contribution < -0.4 is 4.90 Å². The number of piperidine rings is 1. The Morgan fingerprint density at radius 2 is 1.77 bits per heavy atom. The molecular weight excluding hydrogens is 338 g/mol. The average molecular weight is 354 g/mol. The van der Waals surface area contributed by atoms with E-state index in [9.17, 15) is 13.9 Å². The Balaban J connectivity index is 1.65. The molecule has 4 rings (SSSR count). The highest BCUT2D eigenvalue weighted by molar-refractivity contribution is 5.82. The van der Waals surface area contributed by atoms with Crippen molar-refractivity contribution in [1.29, 1.82) is 5.26 Å². The van der Waals surface area contributed by atoms with Crippen molar-refractivity contribution in [1.82, 2.24) is 9.78 Å². The van der Waals surface area contributed by atoms with Crippen LogP contribution in [0.15, 0.2) is 36.5 Å². The summed E-state index contributed by atoms with van der Waals surface area (Å²) >= 11 is 0. The molecular formula is C19H16F2N4O. The van der Waals surface area contributed by atoms with Gasteiger partial charge in [0.2, 0.25) is 0 Å². The molecule has 3 aromatic rings. The van der Waals surface area contributed by atoms with Gasteiger partial charge in [-0.2, -0.15) is 10.4 Å². The molecule has 0 atom stereocenters. The fraction of sp³-hybridized carbons (Fsp3) is 0.263. The van der Waals surface area contributed by atoms with E-state index in [1.165, 1.54) is 10.9 Å². The molecule has 0 amide bonds. The van der Waals surface area contributed by atoms with E-state index >= 15 is 0 Å². The third-order valence-corrected chi connectivity index (χ3v) is 4.86. The number of benzene rings is 2. The number of hydrogen-bond donors (Lipinski definition) is 1. The highest BCUT2D eigenvalue weighted by atomic mass is 19.1. The van der Waals surface area contributed by atoms with Crippen molar-refractivity contribution in [2.24, 2.45) is 5.92 Å². The van der Waals surface area contributed by atoms with Crippen LogP contribution in [0.4, 0.5) is 14.5 Å². The van der Waals surface area contributed by atoms with Gasteiger partial charge < -0.3 is 10.0 Å². The van der Waals surface area contributed by atoms with Gasteiger partial charge in [-0.05, 0) is 43.2 Å². The molecule has 0 saturated carbocycles. The molecule has 26 heavy (non-hydrogen) atoms. The fourth-order valence-corrected chi connectivity index (χ4v) is 3.38. The SMILES string of the molecule is N#CC1CCN(c2ccc(-n3ncc4cc(F)c(O)c(F)c43)cc2)CC1. The maximum atomic E-state index is 14.3. The minimum absolute atomic E-state index is 0.0338. The summed E-state index contributed by atoms with van der Waals surface area (Å²) in [5.41, 5.74) is 1.67. The summed E-state index contributed by atoms with van der Waals surface area (Å²) < 4.78 is 29.1. The number of nitriles is 1. The summed E-state index contributed by atoms with van der Waals surface area (Å²) in [5.74, 6) is -2.92. The molecule has 0 aliphatic carbocycles. The summed E-state index contributed by atoms with van der Waals surface area (Å²) in [6, 6.07) is 10.8. The molecule has 1 aliphatic rings. The van der Waals surface area contributed by atoms with Crippen molar-refractivity contribution >= 4 is 16.6 Å². The van der Waals surface area contributed by atoms with Crippen molar-refractivity contribution < 1.29 is 13.9 Å². The lowest BCUT2D eigenvalue weighted by molar-refractivity contribution is 0.399. The molecule has 1 fully saturated rings. The monoisotopic (exact) mass is 354 g/mol. The van der Waals surface area contributed by atoms with Crippen LogP contribution in [0, 0.1) is 28.9 Å². The van der Waals surface area contributed by atoms with Gasteiger partial charge in [-0.15, -0.1) is 0 Å². The Bertz CT molecular complexity index is 999. The standard InChI is InChI=1S/C19H16F2N4O/c20-16-9-13-11-23-25(18(13)17(21)19(16)26)15-3-1-14(2-4-15)24-7-5-12(10-22)6-8-24/h1-4,9,11-12,26H,5-8H2. The van der Waals surface area contributed by atoms with E-state index in [0.717, 1.165) is 37.7 Å². The van der Waals surface area contributed by atoms with E-state index in [0.29, 0.717) is 5.69 Å². The molecule has 1 aromatic heterocycles. The second kappa shape index (κ2) is 6.30. The molecule has 2 heterocycles. The second-order valence-corrected chi connectivity index (χ2v) is 6.42. The van der Waals surface area contributed by atoms with Crippen molar-refractivity contribution in [3.63, 3.8) is 0 Å². The minimum atomic E-state index is -1.03. The second-order valence-electron chi connectivity index (χ2n) is 6.42. The van der Waals surface area contributed by atoms with Gasteiger partial charge in [0.1, 0.15) is 5.52 Å². The van der Waals surface area contributed by atoms with E-state index < -0.39 is 17.4 Å². The predicted octanol–water partition coefficient (Wildman–Crippen LogP) is 3.75. The van der Waals surface area contributed by atoms with Gasteiger partial charge in [0.25, 0.3) is 0 Å². The summed E-state index contributed by atoms with van der Waals surface area (Å²) in [5, 5.41) is 22.9. The Kier molecular flexibility index (Phi) is 3.96. The first-order valence-electron chi connectivity index (χ1n) is 8.38. The molecule has 1 N–H and O–H groups in total. The maximum absolute atomic E-state index is 14.3. The van der Waals surface area contributed by atoms with Crippen LogP contribution in [0.5, 0.6) is 5.75 Å². The molecule has 0 radical (unpaired) electrons. The zero-order valence-corrected chi connectivity index (χ0v) is 13.9. The Labute approximate surface area is 148 Å². The van der Waals surface area contributed by atoms with E-state index in [-0.39, 0.29) is 16.8 Å². The number of fused-ring (bicyclic) bond motifs is 1. The number of nitrogens with zero attached hydrogens (tertiary/aromatic N) is 4. The Morgan fingerprint density at radius 3 is 2.42 bits per heavy atom. The van der Waals surface area contributed by atoms with Crippen LogP contribution in [0.2, 0.25) is 0 Å². The van der Waals surface area contributed by atoms with E-state index in [4.69, 9.17) is 5.26 Å². The van der Waals surface area contributed by atoms with E-state index in [2.05, 4.69) is 16.1 Å². The van der Waals surface area contributed by atoms with Gasteiger partial charge in [-0.3, -0.25) is 0 Å². The van der Waals surface area contributed by atoms with Gasteiger partial charge in [0, 0.05) is 30.1 Å². The summed E-state index contributed by atoms with van der Waals surface area (Å²) in [4.78, 5) is 2.21. The molecule has 132 valence electrons. The first-order chi connectivity index (χ1) is 12.6. The maximum Gasteiger partial charge on any atom is 0.194 e. The third-order valence-electron chi connectivity index (χ3n) is 4.86. The third kappa shape index (κ3) is 2.64. The molecule has 1 saturated heterocycles. The number of aromatic hydroxyl groups is 1. The van der Waals surface area contributed by atoms with Crippen LogP contribution in [0.1, 0.15) is 12.8 Å². The van der Waals surface area contributed by atoms with Crippen molar-refractivity contribution in [3.05, 3.63) is 48.2 Å². The van der Waals surface area contributed by atoms with Gasteiger partial charge >= 0.3 is 0 Å². The number of aromatic nitrogens is 2. The van der Waals surface area contributed by atoms with Crippen LogP contribution in [-0.4, -0.2) is 28.0 Å². The topological polar surface area (TPSA) is 65.1 Å². The number of anilines is 1. The molecule has 2 aromatic carbocycles.